The van der Waals surface area contributed by atoms with Gasteiger partial charge in [-0.15, -0.1) is 0 Å². The van der Waals surface area contributed by atoms with Crippen molar-refractivity contribution in [1.82, 2.24) is 9.55 Å². The molecule has 0 amide bonds. The Morgan fingerprint density at radius 2 is 1.53 bits per heavy atom. The highest BCUT2D eigenvalue weighted by Gasteiger charge is 2.22. The Bertz CT molecular complexity index is 1380. The SMILES string of the molecule is COc1ccc2nc(NCc3cc(OC)c4c(OC)ccc(OC)c4c3OC)n(C(C)=O)c2c1. The molecule has 34 heavy (non-hydrogen) atoms. The molecule has 0 aliphatic rings. The van der Waals surface area contributed by atoms with Gasteiger partial charge < -0.3 is 29.0 Å². The number of imidazole rings is 1. The highest BCUT2D eigenvalue weighted by Crippen LogP contribution is 2.46. The number of aromatic nitrogens is 2. The molecule has 9 heteroatoms. The average molecular weight is 466 g/mol. The Morgan fingerprint density at radius 1 is 0.853 bits per heavy atom. The van der Waals surface area contributed by atoms with Gasteiger partial charge in [0.1, 0.15) is 28.7 Å². The van der Waals surface area contributed by atoms with E-state index in [9.17, 15) is 4.79 Å². The fourth-order valence-corrected chi connectivity index (χ4v) is 4.15. The minimum atomic E-state index is -0.173. The molecule has 0 aliphatic carbocycles. The molecule has 1 heterocycles. The summed E-state index contributed by atoms with van der Waals surface area (Å²) in [5.41, 5.74) is 2.12. The number of rotatable bonds is 8. The van der Waals surface area contributed by atoms with E-state index in [2.05, 4.69) is 10.3 Å². The van der Waals surface area contributed by atoms with Gasteiger partial charge in [-0.05, 0) is 30.3 Å². The molecular formula is C25H27N3O6. The molecule has 0 spiro atoms. The summed E-state index contributed by atoms with van der Waals surface area (Å²) in [7, 11) is 7.98. The third-order valence-corrected chi connectivity index (χ3v) is 5.68. The first-order chi connectivity index (χ1) is 16.5. The average Bonchev–Trinajstić information content (AvgIpc) is 3.23. The maximum Gasteiger partial charge on any atom is 0.230 e. The largest absolute Gasteiger partial charge is 0.497 e. The first kappa shape index (κ1) is 23.0. The molecule has 0 unspecified atom stereocenters. The van der Waals surface area contributed by atoms with E-state index < -0.39 is 0 Å². The first-order valence-electron chi connectivity index (χ1n) is 10.6. The van der Waals surface area contributed by atoms with Crippen LogP contribution in [0, 0.1) is 0 Å². The van der Waals surface area contributed by atoms with Gasteiger partial charge in [0, 0.05) is 25.1 Å². The lowest BCUT2D eigenvalue weighted by Crippen LogP contribution is -2.12. The zero-order chi connectivity index (χ0) is 24.4. The number of anilines is 1. The topological polar surface area (TPSA) is 93.1 Å². The predicted octanol–water partition coefficient (Wildman–Crippen LogP) is 4.50. The Balaban J connectivity index is 1.84. The van der Waals surface area contributed by atoms with Gasteiger partial charge in [-0.3, -0.25) is 4.79 Å². The Morgan fingerprint density at radius 3 is 2.12 bits per heavy atom. The second-order valence-corrected chi connectivity index (χ2v) is 7.49. The van der Waals surface area contributed by atoms with Crippen molar-refractivity contribution in [3.05, 3.63) is 42.0 Å². The van der Waals surface area contributed by atoms with E-state index in [0.29, 0.717) is 52.3 Å². The summed E-state index contributed by atoms with van der Waals surface area (Å²) < 4.78 is 29.5. The summed E-state index contributed by atoms with van der Waals surface area (Å²) in [6, 6.07) is 10.9. The fourth-order valence-electron chi connectivity index (χ4n) is 4.15. The molecule has 1 N–H and O–H groups in total. The van der Waals surface area contributed by atoms with E-state index in [0.717, 1.165) is 16.3 Å². The van der Waals surface area contributed by atoms with Gasteiger partial charge in [0.2, 0.25) is 11.9 Å². The maximum absolute atomic E-state index is 12.5. The first-order valence-corrected chi connectivity index (χ1v) is 10.6. The van der Waals surface area contributed by atoms with Crippen LogP contribution in [0.2, 0.25) is 0 Å². The monoisotopic (exact) mass is 465 g/mol. The van der Waals surface area contributed by atoms with Crippen molar-refractivity contribution in [2.24, 2.45) is 0 Å². The quantitative estimate of drug-likeness (QED) is 0.407. The molecule has 0 fully saturated rings. The van der Waals surface area contributed by atoms with Crippen molar-refractivity contribution in [2.75, 3.05) is 40.9 Å². The van der Waals surface area contributed by atoms with Crippen LogP contribution in [0.25, 0.3) is 21.8 Å². The molecule has 0 aliphatic heterocycles. The van der Waals surface area contributed by atoms with Crippen LogP contribution in [-0.2, 0) is 6.54 Å². The number of fused-ring (bicyclic) bond motifs is 2. The lowest BCUT2D eigenvalue weighted by atomic mass is 10.0. The highest BCUT2D eigenvalue weighted by atomic mass is 16.5. The van der Waals surface area contributed by atoms with Gasteiger partial charge in [-0.25, -0.2) is 9.55 Å². The van der Waals surface area contributed by atoms with Crippen molar-refractivity contribution in [3.8, 4) is 28.7 Å². The second kappa shape index (κ2) is 9.38. The van der Waals surface area contributed by atoms with E-state index >= 15 is 0 Å². The van der Waals surface area contributed by atoms with E-state index in [4.69, 9.17) is 23.7 Å². The van der Waals surface area contributed by atoms with Gasteiger partial charge in [-0.2, -0.15) is 0 Å². The lowest BCUT2D eigenvalue weighted by Gasteiger charge is -2.19. The summed E-state index contributed by atoms with van der Waals surface area (Å²) in [4.78, 5) is 17.1. The zero-order valence-electron chi connectivity index (χ0n) is 20.0. The normalized spacial score (nSPS) is 10.9. The number of nitrogens with zero attached hydrogens (tertiary/aromatic N) is 2. The molecule has 4 aromatic rings. The van der Waals surface area contributed by atoms with Crippen LogP contribution in [0.1, 0.15) is 17.3 Å². The van der Waals surface area contributed by atoms with Crippen LogP contribution < -0.4 is 29.0 Å². The van der Waals surface area contributed by atoms with Crippen LogP contribution in [0.5, 0.6) is 28.7 Å². The van der Waals surface area contributed by atoms with E-state index in [1.807, 2.05) is 24.3 Å². The minimum absolute atomic E-state index is 0.173. The number of carbonyl (C=O) groups excluding carboxylic acids is 1. The van der Waals surface area contributed by atoms with Crippen LogP contribution >= 0.6 is 0 Å². The Hall–Kier alpha value is -4.14. The maximum atomic E-state index is 12.5. The number of ether oxygens (including phenoxy) is 5. The molecule has 0 bridgehead atoms. The van der Waals surface area contributed by atoms with Crippen molar-refractivity contribution in [2.45, 2.75) is 13.5 Å². The molecule has 0 radical (unpaired) electrons. The Labute approximate surface area is 197 Å². The number of methoxy groups -OCH3 is 5. The molecule has 178 valence electrons. The number of hydrogen-bond acceptors (Lipinski definition) is 8. The second-order valence-electron chi connectivity index (χ2n) is 7.49. The summed E-state index contributed by atoms with van der Waals surface area (Å²) in [6.45, 7) is 1.80. The highest BCUT2D eigenvalue weighted by molar-refractivity contribution is 6.03. The molecule has 1 aromatic heterocycles. The summed E-state index contributed by atoms with van der Waals surface area (Å²) in [5, 5.41) is 4.75. The summed E-state index contributed by atoms with van der Waals surface area (Å²) >= 11 is 0. The number of benzene rings is 3. The van der Waals surface area contributed by atoms with Crippen LogP contribution in [0.3, 0.4) is 0 Å². The number of carbonyl (C=O) groups is 1. The van der Waals surface area contributed by atoms with Gasteiger partial charge in [0.05, 0.1) is 57.4 Å². The molecular weight excluding hydrogens is 438 g/mol. The van der Waals surface area contributed by atoms with Gasteiger partial charge >= 0.3 is 0 Å². The summed E-state index contributed by atoms with van der Waals surface area (Å²) in [5.74, 6) is 3.35. The van der Waals surface area contributed by atoms with Crippen LogP contribution in [-0.4, -0.2) is 51.0 Å². The van der Waals surface area contributed by atoms with Crippen LogP contribution in [0.15, 0.2) is 36.4 Å². The standard InChI is InChI=1S/C25H27N3O6/c1-14(29)28-18-12-16(30-2)7-8-17(18)27-25(28)26-13-15-11-21(33-5)22-19(31-3)9-10-20(32-4)23(22)24(15)34-6/h7-12H,13H2,1-6H3,(H,26,27). The number of hydrogen-bond donors (Lipinski definition) is 1. The summed E-state index contributed by atoms with van der Waals surface area (Å²) in [6.07, 6.45) is 0. The van der Waals surface area contributed by atoms with Crippen LogP contribution in [0.4, 0.5) is 5.95 Å². The number of nitrogens with one attached hydrogen (secondary N) is 1. The van der Waals surface area contributed by atoms with Gasteiger partial charge in [0.15, 0.2) is 0 Å². The molecule has 0 saturated carbocycles. The van der Waals surface area contributed by atoms with E-state index in [1.54, 1.807) is 47.7 Å². The van der Waals surface area contributed by atoms with E-state index in [1.165, 1.54) is 11.5 Å². The lowest BCUT2D eigenvalue weighted by molar-refractivity contribution is 0.0943. The smallest absolute Gasteiger partial charge is 0.230 e. The van der Waals surface area contributed by atoms with Crippen molar-refractivity contribution in [1.29, 1.82) is 0 Å². The Kier molecular flexibility index (Phi) is 6.36. The minimum Gasteiger partial charge on any atom is -0.497 e. The molecule has 4 rings (SSSR count). The van der Waals surface area contributed by atoms with Crippen molar-refractivity contribution >= 4 is 33.7 Å². The zero-order valence-corrected chi connectivity index (χ0v) is 20.0. The molecule has 0 saturated heterocycles. The third-order valence-electron chi connectivity index (χ3n) is 5.68. The van der Waals surface area contributed by atoms with Crippen molar-refractivity contribution in [3.63, 3.8) is 0 Å². The third kappa shape index (κ3) is 3.79. The van der Waals surface area contributed by atoms with Crippen molar-refractivity contribution < 1.29 is 28.5 Å². The van der Waals surface area contributed by atoms with Gasteiger partial charge in [0.25, 0.3) is 0 Å². The van der Waals surface area contributed by atoms with E-state index in [-0.39, 0.29) is 5.91 Å². The fraction of sp³-hybridized carbons (Fsp3) is 0.280. The molecule has 9 nitrogen and oxygen atoms in total. The predicted molar refractivity (Wildman–Crippen MR) is 130 cm³/mol. The van der Waals surface area contributed by atoms with Gasteiger partial charge in [-0.1, -0.05) is 0 Å². The molecule has 0 atom stereocenters. The molecule has 3 aromatic carbocycles.